The van der Waals surface area contributed by atoms with Crippen molar-refractivity contribution in [3.05, 3.63) is 33.5 Å². The monoisotopic (exact) mass is 362 g/mol. The van der Waals surface area contributed by atoms with Crippen LogP contribution in [0, 0.1) is 5.82 Å². The zero-order valence-electron chi connectivity index (χ0n) is 7.54. The molecule has 1 aromatic rings. The highest BCUT2D eigenvalue weighted by Gasteiger charge is 2.39. The molecule has 0 aromatic heterocycles. The summed E-state index contributed by atoms with van der Waals surface area (Å²) in [6, 6.07) is 2.01. The van der Waals surface area contributed by atoms with Gasteiger partial charge in [0.25, 0.3) is 0 Å². The van der Waals surface area contributed by atoms with E-state index in [-0.39, 0.29) is 9.80 Å². The largest absolute Gasteiger partial charge is 0.419 e. The van der Waals surface area contributed by atoms with Crippen molar-refractivity contribution < 1.29 is 22.4 Å². The van der Waals surface area contributed by atoms with Crippen LogP contribution in [0.3, 0.4) is 0 Å². The number of benzene rings is 1. The number of rotatable bonds is 2. The van der Waals surface area contributed by atoms with Crippen LogP contribution in [0.5, 0.6) is 0 Å². The fourth-order valence-electron chi connectivity index (χ4n) is 1.13. The Morgan fingerprint density at radius 3 is 2.31 bits per heavy atom. The lowest BCUT2D eigenvalue weighted by Gasteiger charge is -2.13. The molecular weight excluding hydrogens is 360 g/mol. The summed E-state index contributed by atoms with van der Waals surface area (Å²) in [5, 5.41) is -0.294. The Balaban J connectivity index is 3.52. The predicted molar refractivity (Wildman–Crippen MR) is 57.2 cm³/mol. The standard InChI is InChI=1S/C9H4Br2F4O/c10-3-6(16)4-1-2-5(11)8(12)7(4)9(13,14)15/h1-2H,3H2. The maximum absolute atomic E-state index is 13.3. The minimum atomic E-state index is -4.90. The van der Waals surface area contributed by atoms with E-state index in [0.29, 0.717) is 0 Å². The number of hydrogen-bond acceptors (Lipinski definition) is 1. The lowest BCUT2D eigenvalue weighted by atomic mass is 10.0. The molecule has 1 nitrogen and oxygen atoms in total. The fraction of sp³-hybridized carbons (Fsp3) is 0.222. The van der Waals surface area contributed by atoms with E-state index in [1.165, 1.54) is 0 Å². The maximum atomic E-state index is 13.3. The molecule has 0 saturated heterocycles. The van der Waals surface area contributed by atoms with Crippen molar-refractivity contribution in [1.29, 1.82) is 0 Å². The fourth-order valence-corrected chi connectivity index (χ4v) is 1.76. The molecule has 0 saturated carbocycles. The molecule has 1 aromatic carbocycles. The van der Waals surface area contributed by atoms with Crippen molar-refractivity contribution in [2.24, 2.45) is 0 Å². The first-order chi connectivity index (χ1) is 7.29. The van der Waals surface area contributed by atoms with Crippen LogP contribution in [-0.4, -0.2) is 11.1 Å². The van der Waals surface area contributed by atoms with E-state index in [4.69, 9.17) is 0 Å². The second kappa shape index (κ2) is 4.83. The van der Waals surface area contributed by atoms with Crippen molar-refractivity contribution in [1.82, 2.24) is 0 Å². The second-order valence-electron chi connectivity index (χ2n) is 2.84. The number of alkyl halides is 4. The number of carbonyl (C=O) groups is 1. The molecule has 0 N–H and O–H groups in total. The minimum absolute atomic E-state index is 0.294. The van der Waals surface area contributed by atoms with E-state index >= 15 is 0 Å². The Morgan fingerprint density at radius 2 is 1.88 bits per heavy atom. The summed E-state index contributed by atoms with van der Waals surface area (Å²) in [5.74, 6) is -2.29. The molecule has 0 bridgehead atoms. The van der Waals surface area contributed by atoms with Gasteiger partial charge >= 0.3 is 6.18 Å². The van der Waals surface area contributed by atoms with Gasteiger partial charge in [-0.25, -0.2) is 4.39 Å². The number of halogens is 6. The Labute approximate surface area is 105 Å². The van der Waals surface area contributed by atoms with Gasteiger partial charge in [-0.15, -0.1) is 0 Å². The highest BCUT2D eigenvalue weighted by Crippen LogP contribution is 2.37. The minimum Gasteiger partial charge on any atom is -0.293 e. The molecule has 0 atom stereocenters. The Hall–Kier alpha value is -0.430. The van der Waals surface area contributed by atoms with Gasteiger partial charge in [-0.3, -0.25) is 4.79 Å². The summed E-state index contributed by atoms with van der Waals surface area (Å²) < 4.78 is 50.7. The first-order valence-corrected chi connectivity index (χ1v) is 5.85. The van der Waals surface area contributed by atoms with Crippen molar-refractivity contribution >= 4 is 37.6 Å². The van der Waals surface area contributed by atoms with Crippen molar-refractivity contribution in [2.75, 3.05) is 5.33 Å². The molecule has 0 aliphatic rings. The first kappa shape index (κ1) is 13.6. The summed E-state index contributed by atoms with van der Waals surface area (Å²) in [7, 11) is 0. The zero-order chi connectivity index (χ0) is 12.5. The van der Waals surface area contributed by atoms with Crippen LogP contribution >= 0.6 is 31.9 Å². The molecule has 0 heterocycles. The van der Waals surface area contributed by atoms with E-state index in [2.05, 4.69) is 31.9 Å². The SMILES string of the molecule is O=C(CBr)c1ccc(Br)c(F)c1C(F)(F)F. The molecule has 0 spiro atoms. The van der Waals surface area contributed by atoms with Gasteiger partial charge in [0.2, 0.25) is 0 Å². The van der Waals surface area contributed by atoms with Gasteiger partial charge in [-0.05, 0) is 28.1 Å². The average molecular weight is 364 g/mol. The Bertz CT molecular complexity index is 428. The van der Waals surface area contributed by atoms with E-state index in [9.17, 15) is 22.4 Å². The maximum Gasteiger partial charge on any atom is 0.419 e. The molecule has 16 heavy (non-hydrogen) atoms. The van der Waals surface area contributed by atoms with Crippen LogP contribution < -0.4 is 0 Å². The van der Waals surface area contributed by atoms with Gasteiger partial charge in [-0.1, -0.05) is 15.9 Å². The van der Waals surface area contributed by atoms with Gasteiger partial charge in [0.05, 0.1) is 9.80 Å². The summed E-state index contributed by atoms with van der Waals surface area (Å²) >= 11 is 5.39. The van der Waals surface area contributed by atoms with E-state index in [1.807, 2.05) is 0 Å². The second-order valence-corrected chi connectivity index (χ2v) is 4.25. The lowest BCUT2D eigenvalue weighted by molar-refractivity contribution is -0.140. The third kappa shape index (κ3) is 2.63. The van der Waals surface area contributed by atoms with E-state index < -0.39 is 28.9 Å². The van der Waals surface area contributed by atoms with Gasteiger partial charge in [0.1, 0.15) is 11.4 Å². The van der Waals surface area contributed by atoms with Crippen LogP contribution in [0.1, 0.15) is 15.9 Å². The third-order valence-corrected chi connectivity index (χ3v) is 2.92. The highest BCUT2D eigenvalue weighted by molar-refractivity contribution is 9.10. The normalized spacial score (nSPS) is 11.6. The van der Waals surface area contributed by atoms with Crippen molar-refractivity contribution in [3.8, 4) is 0 Å². The molecule has 1 rings (SSSR count). The number of hydrogen-bond donors (Lipinski definition) is 0. The quantitative estimate of drug-likeness (QED) is 0.437. The Kier molecular flexibility index (Phi) is 4.12. The zero-order valence-corrected chi connectivity index (χ0v) is 10.7. The van der Waals surface area contributed by atoms with Gasteiger partial charge in [0.15, 0.2) is 5.78 Å². The molecule has 7 heteroatoms. The Morgan fingerprint density at radius 1 is 1.31 bits per heavy atom. The number of ketones is 1. The van der Waals surface area contributed by atoms with Crippen molar-refractivity contribution in [3.63, 3.8) is 0 Å². The van der Waals surface area contributed by atoms with Gasteiger partial charge < -0.3 is 0 Å². The molecule has 0 unspecified atom stereocenters. The smallest absolute Gasteiger partial charge is 0.293 e. The first-order valence-electron chi connectivity index (χ1n) is 3.93. The summed E-state index contributed by atoms with van der Waals surface area (Å²) in [6.45, 7) is 0. The van der Waals surface area contributed by atoms with Crippen LogP contribution in [0.25, 0.3) is 0 Å². The van der Waals surface area contributed by atoms with Crippen LogP contribution in [-0.2, 0) is 6.18 Å². The predicted octanol–water partition coefficient (Wildman–Crippen LogP) is 4.18. The van der Waals surface area contributed by atoms with E-state index in [0.717, 1.165) is 12.1 Å². The van der Waals surface area contributed by atoms with E-state index in [1.54, 1.807) is 0 Å². The van der Waals surface area contributed by atoms with Crippen LogP contribution in [0.2, 0.25) is 0 Å². The molecule has 0 amide bonds. The van der Waals surface area contributed by atoms with Gasteiger partial charge in [-0.2, -0.15) is 13.2 Å². The molecule has 88 valence electrons. The van der Waals surface area contributed by atoms with Gasteiger partial charge in [0, 0.05) is 5.56 Å². The summed E-state index contributed by atoms with van der Waals surface area (Å²) in [5.41, 5.74) is -2.21. The van der Waals surface area contributed by atoms with Crippen molar-refractivity contribution in [2.45, 2.75) is 6.18 Å². The lowest BCUT2D eigenvalue weighted by Crippen LogP contribution is -2.16. The van der Waals surface area contributed by atoms with Crippen LogP contribution in [0.15, 0.2) is 16.6 Å². The molecule has 0 fully saturated rings. The number of carbonyl (C=O) groups excluding carboxylic acids is 1. The molecular formula is C9H4Br2F4O. The highest BCUT2D eigenvalue weighted by atomic mass is 79.9. The number of Topliss-reactive ketones (excluding diaryl/α,β-unsaturated/α-hetero) is 1. The average Bonchev–Trinajstić information content (AvgIpc) is 2.18. The molecule has 0 aliphatic carbocycles. The third-order valence-electron chi connectivity index (χ3n) is 1.80. The summed E-state index contributed by atoms with van der Waals surface area (Å²) in [4.78, 5) is 11.2. The molecule has 0 radical (unpaired) electrons. The topological polar surface area (TPSA) is 17.1 Å². The molecule has 0 aliphatic heterocycles. The van der Waals surface area contributed by atoms with Crippen LogP contribution in [0.4, 0.5) is 17.6 Å². The summed E-state index contributed by atoms with van der Waals surface area (Å²) in [6.07, 6.45) is -4.90.